The van der Waals surface area contributed by atoms with E-state index in [1.165, 1.54) is 27.1 Å². The molecule has 0 fully saturated rings. The Kier molecular flexibility index (Phi) is 2.85. The SMILES string of the molecule is CC/C=[C]\c1c2ccccc2cc2ccccc12. The Morgan fingerprint density at radius 3 is 2.00 bits per heavy atom. The number of rotatable bonds is 2. The van der Waals surface area contributed by atoms with Crippen molar-refractivity contribution in [2.24, 2.45) is 0 Å². The Hall–Kier alpha value is -2.08. The molecule has 1 radical (unpaired) electrons. The van der Waals surface area contributed by atoms with E-state index in [2.05, 4.69) is 73.7 Å². The third kappa shape index (κ3) is 1.80. The summed E-state index contributed by atoms with van der Waals surface area (Å²) in [6, 6.07) is 19.3. The second-order valence-corrected chi connectivity index (χ2v) is 4.45. The molecule has 0 amide bonds. The van der Waals surface area contributed by atoms with Crippen molar-refractivity contribution in [1.82, 2.24) is 0 Å². The third-order valence-corrected chi connectivity index (χ3v) is 3.22. The highest BCUT2D eigenvalue weighted by molar-refractivity contribution is 6.03. The van der Waals surface area contributed by atoms with Crippen LogP contribution >= 0.6 is 0 Å². The van der Waals surface area contributed by atoms with E-state index in [1.54, 1.807) is 0 Å². The first-order valence-electron chi connectivity index (χ1n) is 6.39. The van der Waals surface area contributed by atoms with Gasteiger partial charge in [-0.1, -0.05) is 61.5 Å². The third-order valence-electron chi connectivity index (χ3n) is 3.22. The molecular formula is C18H15. The first kappa shape index (κ1) is 11.0. The van der Waals surface area contributed by atoms with E-state index in [4.69, 9.17) is 0 Å². The Labute approximate surface area is 108 Å². The first-order valence-corrected chi connectivity index (χ1v) is 6.39. The summed E-state index contributed by atoms with van der Waals surface area (Å²) in [5.74, 6) is 0. The zero-order valence-electron chi connectivity index (χ0n) is 10.5. The molecule has 0 heterocycles. The fraction of sp³-hybridized carbons (Fsp3) is 0.111. The molecule has 0 aliphatic rings. The Morgan fingerprint density at radius 2 is 1.44 bits per heavy atom. The molecule has 0 aliphatic carbocycles. The number of benzene rings is 3. The molecule has 0 unspecified atom stereocenters. The van der Waals surface area contributed by atoms with Crippen LogP contribution in [-0.4, -0.2) is 0 Å². The molecule has 0 saturated heterocycles. The van der Waals surface area contributed by atoms with Crippen molar-refractivity contribution in [1.29, 1.82) is 0 Å². The van der Waals surface area contributed by atoms with Gasteiger partial charge in [0.2, 0.25) is 0 Å². The molecule has 3 aromatic rings. The Bertz CT molecular complexity index is 666. The van der Waals surface area contributed by atoms with E-state index >= 15 is 0 Å². The largest absolute Gasteiger partial charge is 0.0763 e. The van der Waals surface area contributed by atoms with Gasteiger partial charge in [0, 0.05) is 0 Å². The highest BCUT2D eigenvalue weighted by atomic mass is 14.1. The van der Waals surface area contributed by atoms with Gasteiger partial charge in [-0.05, 0) is 45.7 Å². The average molecular weight is 231 g/mol. The molecule has 0 aliphatic heterocycles. The van der Waals surface area contributed by atoms with Crippen molar-refractivity contribution in [3.63, 3.8) is 0 Å². The molecule has 0 nitrogen and oxygen atoms in total. The number of hydrogen-bond donors (Lipinski definition) is 0. The van der Waals surface area contributed by atoms with E-state index in [0.29, 0.717) is 0 Å². The smallest absolute Gasteiger partial charge is 0.00239 e. The number of allylic oxidation sites excluding steroid dienone is 1. The summed E-state index contributed by atoms with van der Waals surface area (Å²) in [5, 5.41) is 5.12. The van der Waals surface area contributed by atoms with Crippen LogP contribution in [0.2, 0.25) is 0 Å². The standard InChI is InChI=1S/C18H15/c1-2-3-10-18-16-11-6-4-8-14(16)13-15-9-5-7-12-17(15)18/h3-9,11-13H,2H2,1H3. The van der Waals surface area contributed by atoms with E-state index in [0.717, 1.165) is 6.42 Å². The fourth-order valence-corrected chi connectivity index (χ4v) is 2.37. The fourth-order valence-electron chi connectivity index (χ4n) is 2.37. The van der Waals surface area contributed by atoms with Gasteiger partial charge in [-0.15, -0.1) is 0 Å². The quantitative estimate of drug-likeness (QED) is 0.537. The minimum atomic E-state index is 1.01. The maximum Gasteiger partial charge on any atom is -0.00239 e. The highest BCUT2D eigenvalue weighted by Gasteiger charge is 2.04. The first-order chi connectivity index (χ1) is 8.90. The Balaban J connectivity index is 2.45. The average Bonchev–Trinajstić information content (AvgIpc) is 2.43. The maximum atomic E-state index is 3.46. The minimum Gasteiger partial charge on any atom is -0.0763 e. The molecule has 0 spiro atoms. The van der Waals surface area contributed by atoms with Crippen LogP contribution in [0.4, 0.5) is 0 Å². The van der Waals surface area contributed by atoms with E-state index in [1.807, 2.05) is 0 Å². The number of hydrogen-bond acceptors (Lipinski definition) is 0. The van der Waals surface area contributed by atoms with Gasteiger partial charge in [-0.25, -0.2) is 0 Å². The number of fused-ring (bicyclic) bond motifs is 2. The van der Waals surface area contributed by atoms with Gasteiger partial charge in [0.15, 0.2) is 0 Å². The lowest BCUT2D eigenvalue weighted by Gasteiger charge is -2.07. The van der Waals surface area contributed by atoms with Gasteiger partial charge in [-0.2, -0.15) is 0 Å². The molecule has 0 heteroatoms. The van der Waals surface area contributed by atoms with Crippen molar-refractivity contribution in [3.05, 3.63) is 72.3 Å². The van der Waals surface area contributed by atoms with Gasteiger partial charge in [0.05, 0.1) is 0 Å². The van der Waals surface area contributed by atoms with Crippen LogP contribution < -0.4 is 0 Å². The summed E-state index contributed by atoms with van der Waals surface area (Å²) in [7, 11) is 0. The topological polar surface area (TPSA) is 0 Å². The predicted molar refractivity (Wildman–Crippen MR) is 78.7 cm³/mol. The Morgan fingerprint density at radius 1 is 0.889 bits per heavy atom. The molecule has 87 valence electrons. The lowest BCUT2D eigenvalue weighted by molar-refractivity contribution is 1.22. The van der Waals surface area contributed by atoms with Gasteiger partial charge >= 0.3 is 0 Å². The molecule has 3 rings (SSSR count). The molecular weight excluding hydrogens is 216 g/mol. The van der Waals surface area contributed by atoms with Gasteiger partial charge in [0.25, 0.3) is 0 Å². The second kappa shape index (κ2) is 4.66. The van der Waals surface area contributed by atoms with Crippen LogP contribution in [-0.2, 0) is 0 Å². The lowest BCUT2D eigenvalue weighted by atomic mass is 9.96. The van der Waals surface area contributed by atoms with Gasteiger partial charge in [-0.3, -0.25) is 0 Å². The molecule has 0 bridgehead atoms. The van der Waals surface area contributed by atoms with Crippen LogP contribution in [0.1, 0.15) is 18.9 Å². The summed E-state index contributed by atoms with van der Waals surface area (Å²) in [6.45, 7) is 2.14. The highest BCUT2D eigenvalue weighted by Crippen LogP contribution is 2.28. The van der Waals surface area contributed by atoms with Crippen LogP contribution in [0.5, 0.6) is 0 Å². The maximum absolute atomic E-state index is 3.46. The van der Waals surface area contributed by atoms with Crippen LogP contribution in [0.3, 0.4) is 0 Å². The van der Waals surface area contributed by atoms with Crippen molar-refractivity contribution in [2.75, 3.05) is 0 Å². The zero-order valence-corrected chi connectivity index (χ0v) is 10.5. The molecule has 0 N–H and O–H groups in total. The molecule has 3 aromatic carbocycles. The summed E-state index contributed by atoms with van der Waals surface area (Å²) >= 11 is 0. The van der Waals surface area contributed by atoms with Crippen molar-refractivity contribution < 1.29 is 0 Å². The molecule has 18 heavy (non-hydrogen) atoms. The monoisotopic (exact) mass is 231 g/mol. The lowest BCUT2D eigenvalue weighted by Crippen LogP contribution is -1.84. The van der Waals surface area contributed by atoms with E-state index in [9.17, 15) is 0 Å². The molecule has 0 saturated carbocycles. The summed E-state index contributed by atoms with van der Waals surface area (Å²) in [4.78, 5) is 0. The minimum absolute atomic E-state index is 1.01. The van der Waals surface area contributed by atoms with Crippen molar-refractivity contribution >= 4 is 21.5 Å². The molecule has 0 atom stereocenters. The summed E-state index contributed by atoms with van der Waals surface area (Å²) in [5.41, 5.74) is 1.21. The van der Waals surface area contributed by atoms with Crippen LogP contribution in [0.15, 0.2) is 60.7 Å². The van der Waals surface area contributed by atoms with Gasteiger partial charge < -0.3 is 0 Å². The summed E-state index contributed by atoms with van der Waals surface area (Å²) in [6.07, 6.45) is 6.57. The van der Waals surface area contributed by atoms with Gasteiger partial charge in [0.1, 0.15) is 0 Å². The second-order valence-electron chi connectivity index (χ2n) is 4.45. The molecule has 0 aromatic heterocycles. The zero-order chi connectivity index (χ0) is 12.4. The summed E-state index contributed by atoms with van der Waals surface area (Å²) < 4.78 is 0. The van der Waals surface area contributed by atoms with E-state index in [-0.39, 0.29) is 0 Å². The van der Waals surface area contributed by atoms with Crippen molar-refractivity contribution in [3.8, 4) is 0 Å². The van der Waals surface area contributed by atoms with E-state index < -0.39 is 0 Å². The van der Waals surface area contributed by atoms with Crippen molar-refractivity contribution in [2.45, 2.75) is 13.3 Å². The normalized spacial score (nSPS) is 11.6. The van der Waals surface area contributed by atoms with Crippen LogP contribution in [0, 0.1) is 6.08 Å². The van der Waals surface area contributed by atoms with Crippen LogP contribution in [0.25, 0.3) is 21.5 Å². The predicted octanol–water partition coefficient (Wildman–Crippen LogP) is 5.11.